The van der Waals surface area contributed by atoms with Crippen molar-refractivity contribution in [1.82, 2.24) is 20.6 Å². The molecule has 0 aliphatic rings. The van der Waals surface area contributed by atoms with Gasteiger partial charge in [0.25, 0.3) is 5.56 Å². The van der Waals surface area contributed by atoms with Gasteiger partial charge < -0.3 is 15.6 Å². The molecule has 2 aromatic rings. The number of likely N-dealkylation sites (N-methyl/N-ethyl adjacent to an activating group) is 1. The molecule has 0 saturated carbocycles. The topological polar surface area (TPSA) is 86.9 Å². The highest BCUT2D eigenvalue weighted by Gasteiger charge is 2.12. The molecule has 2 rings (SSSR count). The number of thiophene rings is 1. The van der Waals surface area contributed by atoms with Gasteiger partial charge in [0.05, 0.1) is 5.39 Å². The van der Waals surface area contributed by atoms with Crippen molar-refractivity contribution in [2.45, 2.75) is 33.6 Å². The number of nitrogens with one attached hydrogen (secondary N) is 3. The van der Waals surface area contributed by atoms with E-state index in [1.54, 1.807) is 0 Å². The largest absolute Gasteiger partial charge is 0.355 e. The van der Waals surface area contributed by atoms with Gasteiger partial charge in [-0.15, -0.1) is 23.7 Å². The average Bonchev–Trinajstić information content (AvgIpc) is 2.77. The van der Waals surface area contributed by atoms with E-state index in [1.807, 2.05) is 20.8 Å². The van der Waals surface area contributed by atoms with E-state index in [0.29, 0.717) is 30.6 Å². The number of aromatic nitrogens is 2. The third-order valence-electron chi connectivity index (χ3n) is 3.55. The fourth-order valence-corrected chi connectivity index (χ4v) is 3.25. The first-order chi connectivity index (χ1) is 10.5. The fourth-order valence-electron chi connectivity index (χ4n) is 2.21. The first kappa shape index (κ1) is 19.6. The van der Waals surface area contributed by atoms with Crippen LogP contribution in [0.5, 0.6) is 0 Å². The third-order valence-corrected chi connectivity index (χ3v) is 4.65. The SMILES string of the molecule is CCNCCNC(=O)CCc1nc2sc(C)c(C)c2c(=O)[nH]1.Cl. The van der Waals surface area contributed by atoms with E-state index in [1.165, 1.54) is 11.3 Å². The van der Waals surface area contributed by atoms with Gasteiger partial charge in [-0.25, -0.2) is 4.98 Å². The molecule has 0 aliphatic carbocycles. The predicted octanol–water partition coefficient (Wildman–Crippen LogP) is 1.68. The summed E-state index contributed by atoms with van der Waals surface area (Å²) in [6, 6.07) is 0. The van der Waals surface area contributed by atoms with Crippen molar-refractivity contribution < 1.29 is 4.79 Å². The molecule has 128 valence electrons. The average molecular weight is 359 g/mol. The third kappa shape index (κ3) is 5.02. The van der Waals surface area contributed by atoms with Crippen LogP contribution in [-0.2, 0) is 11.2 Å². The Morgan fingerprint density at radius 3 is 2.74 bits per heavy atom. The Morgan fingerprint density at radius 2 is 2.04 bits per heavy atom. The molecule has 0 atom stereocenters. The lowest BCUT2D eigenvalue weighted by Crippen LogP contribution is -2.32. The van der Waals surface area contributed by atoms with Crippen LogP contribution < -0.4 is 16.2 Å². The minimum absolute atomic E-state index is 0. The van der Waals surface area contributed by atoms with Crippen molar-refractivity contribution in [2.24, 2.45) is 0 Å². The van der Waals surface area contributed by atoms with E-state index in [2.05, 4.69) is 20.6 Å². The highest BCUT2D eigenvalue weighted by atomic mass is 35.5. The predicted molar refractivity (Wildman–Crippen MR) is 96.8 cm³/mol. The molecule has 0 saturated heterocycles. The molecule has 6 nitrogen and oxygen atoms in total. The molecule has 0 unspecified atom stereocenters. The number of aryl methyl sites for hydroxylation is 3. The smallest absolute Gasteiger partial charge is 0.259 e. The molecule has 0 aromatic carbocycles. The number of hydrogen-bond donors (Lipinski definition) is 3. The monoisotopic (exact) mass is 358 g/mol. The Kier molecular flexibility index (Phi) is 7.67. The van der Waals surface area contributed by atoms with E-state index in [0.717, 1.165) is 28.4 Å². The zero-order valence-electron chi connectivity index (χ0n) is 13.6. The Labute approximate surface area is 145 Å². The number of hydrogen-bond acceptors (Lipinski definition) is 5. The summed E-state index contributed by atoms with van der Waals surface area (Å²) in [4.78, 5) is 33.0. The van der Waals surface area contributed by atoms with Crippen LogP contribution in [0.3, 0.4) is 0 Å². The van der Waals surface area contributed by atoms with Crippen LogP contribution in [0.25, 0.3) is 10.2 Å². The molecule has 0 spiro atoms. The lowest BCUT2D eigenvalue weighted by Gasteiger charge is -2.05. The number of halogens is 1. The molecule has 23 heavy (non-hydrogen) atoms. The van der Waals surface area contributed by atoms with Crippen LogP contribution in [0.4, 0.5) is 0 Å². The van der Waals surface area contributed by atoms with Gasteiger partial charge >= 0.3 is 0 Å². The number of H-pyrrole nitrogens is 1. The highest BCUT2D eigenvalue weighted by molar-refractivity contribution is 7.18. The van der Waals surface area contributed by atoms with Gasteiger partial charge in [0.2, 0.25) is 5.91 Å². The van der Waals surface area contributed by atoms with E-state index in [4.69, 9.17) is 0 Å². The van der Waals surface area contributed by atoms with Crippen LogP contribution in [-0.4, -0.2) is 35.5 Å². The molecular weight excluding hydrogens is 336 g/mol. The molecule has 0 aliphatic heterocycles. The molecule has 0 fully saturated rings. The lowest BCUT2D eigenvalue weighted by molar-refractivity contribution is -0.121. The van der Waals surface area contributed by atoms with Gasteiger partial charge in [-0.2, -0.15) is 0 Å². The van der Waals surface area contributed by atoms with Crippen molar-refractivity contribution >= 4 is 39.9 Å². The van der Waals surface area contributed by atoms with Gasteiger partial charge in [-0.05, 0) is 26.0 Å². The maximum Gasteiger partial charge on any atom is 0.259 e. The van der Waals surface area contributed by atoms with Crippen LogP contribution in [0.2, 0.25) is 0 Å². The van der Waals surface area contributed by atoms with Gasteiger partial charge in [0.1, 0.15) is 10.7 Å². The second kappa shape index (κ2) is 9.00. The molecular formula is C15H23ClN4O2S. The van der Waals surface area contributed by atoms with E-state index in [-0.39, 0.29) is 23.9 Å². The van der Waals surface area contributed by atoms with Crippen molar-refractivity contribution in [3.05, 3.63) is 26.6 Å². The van der Waals surface area contributed by atoms with Crippen LogP contribution in [0.15, 0.2) is 4.79 Å². The number of fused-ring (bicyclic) bond motifs is 1. The second-order valence-corrected chi connectivity index (χ2v) is 6.38. The molecule has 0 bridgehead atoms. The minimum Gasteiger partial charge on any atom is -0.355 e. The Morgan fingerprint density at radius 1 is 1.30 bits per heavy atom. The van der Waals surface area contributed by atoms with Crippen LogP contribution in [0.1, 0.15) is 29.6 Å². The highest BCUT2D eigenvalue weighted by Crippen LogP contribution is 2.25. The first-order valence-electron chi connectivity index (χ1n) is 7.49. The molecule has 2 heterocycles. The van der Waals surface area contributed by atoms with Gasteiger partial charge in [0, 0.05) is 30.8 Å². The minimum atomic E-state index is -0.116. The summed E-state index contributed by atoms with van der Waals surface area (Å²) < 4.78 is 0. The van der Waals surface area contributed by atoms with Crippen molar-refractivity contribution in [1.29, 1.82) is 0 Å². The summed E-state index contributed by atoms with van der Waals surface area (Å²) in [7, 11) is 0. The number of rotatable bonds is 7. The molecule has 8 heteroatoms. The summed E-state index contributed by atoms with van der Waals surface area (Å²) in [5.41, 5.74) is 0.871. The number of carbonyl (C=O) groups is 1. The van der Waals surface area contributed by atoms with Gasteiger partial charge in [-0.3, -0.25) is 9.59 Å². The lowest BCUT2D eigenvalue weighted by atomic mass is 10.2. The van der Waals surface area contributed by atoms with E-state index in [9.17, 15) is 9.59 Å². The van der Waals surface area contributed by atoms with Crippen molar-refractivity contribution in [2.75, 3.05) is 19.6 Å². The maximum absolute atomic E-state index is 12.1. The number of amides is 1. The Hall–Kier alpha value is -1.44. The number of nitrogens with zero attached hydrogens (tertiary/aromatic N) is 1. The summed E-state index contributed by atoms with van der Waals surface area (Å²) in [5, 5.41) is 6.64. The summed E-state index contributed by atoms with van der Waals surface area (Å²) in [6.07, 6.45) is 0.762. The quantitative estimate of drug-likeness (QED) is 0.657. The summed E-state index contributed by atoms with van der Waals surface area (Å²) in [6.45, 7) is 8.20. The maximum atomic E-state index is 12.1. The Bertz CT molecular complexity index is 726. The fraction of sp³-hybridized carbons (Fsp3) is 0.533. The normalized spacial score (nSPS) is 10.6. The standard InChI is InChI=1S/C15H22N4O2S.ClH/c1-4-16-7-8-17-12(20)6-5-11-18-14(21)13-9(2)10(3)22-15(13)19-11;/h16H,4-8H2,1-3H3,(H,17,20)(H,18,19,21);1H. The van der Waals surface area contributed by atoms with Gasteiger partial charge in [-0.1, -0.05) is 6.92 Å². The number of aromatic amines is 1. The number of carbonyl (C=O) groups excluding carboxylic acids is 1. The van der Waals surface area contributed by atoms with Crippen molar-refractivity contribution in [3.8, 4) is 0 Å². The van der Waals surface area contributed by atoms with Crippen LogP contribution >= 0.6 is 23.7 Å². The van der Waals surface area contributed by atoms with Crippen LogP contribution in [0, 0.1) is 13.8 Å². The van der Waals surface area contributed by atoms with E-state index < -0.39 is 0 Å². The molecule has 1 amide bonds. The molecule has 2 aromatic heterocycles. The van der Waals surface area contributed by atoms with Gasteiger partial charge in [0.15, 0.2) is 0 Å². The summed E-state index contributed by atoms with van der Waals surface area (Å²) >= 11 is 1.52. The zero-order valence-corrected chi connectivity index (χ0v) is 15.2. The van der Waals surface area contributed by atoms with Crippen molar-refractivity contribution in [3.63, 3.8) is 0 Å². The Balaban J connectivity index is 0.00000264. The summed E-state index contributed by atoms with van der Waals surface area (Å²) in [5.74, 6) is 0.541. The molecule has 3 N–H and O–H groups in total. The zero-order chi connectivity index (χ0) is 16.1. The second-order valence-electron chi connectivity index (χ2n) is 5.18. The first-order valence-corrected chi connectivity index (χ1v) is 8.31. The van der Waals surface area contributed by atoms with E-state index >= 15 is 0 Å². The molecule has 0 radical (unpaired) electrons.